The van der Waals surface area contributed by atoms with Gasteiger partial charge in [0.15, 0.2) is 5.69 Å². The fourth-order valence-electron chi connectivity index (χ4n) is 3.88. The molecule has 0 aliphatic carbocycles. The van der Waals surface area contributed by atoms with Crippen molar-refractivity contribution in [1.29, 1.82) is 10.5 Å². The number of fused-ring (bicyclic) bond motifs is 1. The van der Waals surface area contributed by atoms with Crippen LogP contribution in [0, 0.1) is 29.6 Å². The van der Waals surface area contributed by atoms with Gasteiger partial charge in [-0.1, -0.05) is 11.3 Å². The fraction of sp³-hybridized carbons (Fsp3) is 0.0417. The van der Waals surface area contributed by atoms with Crippen LogP contribution in [0.25, 0.3) is 21.0 Å². The molecule has 16 nitrogen and oxygen atoms in total. The van der Waals surface area contributed by atoms with Crippen LogP contribution >= 0.6 is 11.3 Å². The van der Waals surface area contributed by atoms with E-state index in [0.717, 1.165) is 35.6 Å². The average molecular weight is 639 g/mol. The Balaban J connectivity index is 1.59. The number of nitriles is 2. The molecule has 216 valence electrons. The molecule has 0 amide bonds. The predicted molar refractivity (Wildman–Crippen MR) is 148 cm³/mol. The van der Waals surface area contributed by atoms with Crippen LogP contribution in [0.15, 0.2) is 73.5 Å². The summed E-state index contributed by atoms with van der Waals surface area (Å²) < 4.78 is 66.5. The van der Waals surface area contributed by atoms with Gasteiger partial charge in [0.25, 0.3) is 25.8 Å². The Hall–Kier alpha value is -5.31. The van der Waals surface area contributed by atoms with Crippen LogP contribution in [0.1, 0.15) is 16.7 Å². The van der Waals surface area contributed by atoms with Gasteiger partial charge in [0.05, 0.1) is 31.9 Å². The Morgan fingerprint density at radius 3 is 2.21 bits per heavy atom. The molecule has 3 aromatic heterocycles. The number of benzene rings is 2. The van der Waals surface area contributed by atoms with Gasteiger partial charge in [-0.25, -0.2) is 14.2 Å². The molecule has 0 saturated carbocycles. The smallest absolute Gasteiger partial charge is 0.294 e. The third-order valence-corrected chi connectivity index (χ3v) is 8.70. The zero-order valence-corrected chi connectivity index (χ0v) is 23.8. The van der Waals surface area contributed by atoms with Gasteiger partial charge >= 0.3 is 0 Å². The van der Waals surface area contributed by atoms with Gasteiger partial charge in [-0.15, -0.1) is 15.3 Å². The fourth-order valence-corrected chi connectivity index (χ4v) is 5.88. The third kappa shape index (κ3) is 5.37. The monoisotopic (exact) mass is 638 g/mol. The number of aromatic hydroxyl groups is 1. The summed E-state index contributed by atoms with van der Waals surface area (Å²) in [5.41, 5.74) is -1.48. The van der Waals surface area contributed by atoms with Gasteiger partial charge in [0.1, 0.15) is 23.3 Å². The van der Waals surface area contributed by atoms with Gasteiger partial charge in [-0.05, 0) is 49.4 Å². The highest BCUT2D eigenvalue weighted by atomic mass is 32.2. The molecule has 5 aromatic rings. The van der Waals surface area contributed by atoms with Gasteiger partial charge in [-0.3, -0.25) is 13.9 Å². The minimum absolute atomic E-state index is 0.0432. The van der Waals surface area contributed by atoms with E-state index in [4.69, 9.17) is 0 Å². The number of hydrogen-bond acceptors (Lipinski definition) is 13. The van der Waals surface area contributed by atoms with E-state index in [9.17, 15) is 46.4 Å². The molecule has 2 aromatic carbocycles. The summed E-state index contributed by atoms with van der Waals surface area (Å²) in [7, 11) is -8.98. The number of rotatable bonds is 6. The van der Waals surface area contributed by atoms with Crippen LogP contribution in [0.4, 0.5) is 11.5 Å². The summed E-state index contributed by atoms with van der Waals surface area (Å²) >= 11 is 1.00. The van der Waals surface area contributed by atoms with E-state index in [-0.39, 0.29) is 38.2 Å². The molecule has 0 aliphatic rings. The lowest BCUT2D eigenvalue weighted by Gasteiger charge is -2.13. The van der Waals surface area contributed by atoms with Crippen LogP contribution in [0.3, 0.4) is 0 Å². The molecule has 0 bridgehead atoms. The van der Waals surface area contributed by atoms with E-state index in [0.29, 0.717) is 14.8 Å². The first-order valence-electron chi connectivity index (χ1n) is 11.5. The summed E-state index contributed by atoms with van der Waals surface area (Å²) in [4.78, 5) is 16.9. The molecular weight excluding hydrogens is 625 g/mol. The normalized spacial score (nSPS) is 12.0. The highest BCUT2D eigenvalue weighted by Crippen LogP contribution is 2.31. The molecule has 0 spiro atoms. The molecule has 0 aliphatic heterocycles. The number of thiazole rings is 1. The van der Waals surface area contributed by atoms with E-state index in [1.165, 1.54) is 36.0 Å². The summed E-state index contributed by atoms with van der Waals surface area (Å²) in [5, 5.41) is 42.1. The Labute approximate surface area is 245 Å². The topological polar surface area (TPSA) is 254 Å². The van der Waals surface area contributed by atoms with Crippen LogP contribution in [-0.2, 0) is 20.2 Å². The first-order valence-corrected chi connectivity index (χ1v) is 15.2. The van der Waals surface area contributed by atoms with Crippen LogP contribution in [0.5, 0.6) is 5.88 Å². The molecule has 43 heavy (non-hydrogen) atoms. The summed E-state index contributed by atoms with van der Waals surface area (Å²) in [6, 6.07) is 11.7. The lowest BCUT2D eigenvalue weighted by atomic mass is 10.1. The molecule has 3 N–H and O–H groups in total. The quantitative estimate of drug-likeness (QED) is 0.179. The molecule has 0 unspecified atom stereocenters. The van der Waals surface area contributed by atoms with Crippen molar-refractivity contribution in [2.24, 2.45) is 10.2 Å². The molecule has 0 saturated heterocycles. The zero-order chi connectivity index (χ0) is 31.3. The maximum atomic E-state index is 13.4. The molecule has 19 heteroatoms. The van der Waals surface area contributed by atoms with Gasteiger partial charge in [0, 0.05) is 5.56 Å². The van der Waals surface area contributed by atoms with Crippen molar-refractivity contribution in [3.05, 3.63) is 75.7 Å². The summed E-state index contributed by atoms with van der Waals surface area (Å²) in [5.74, 6) is -0.992. The van der Waals surface area contributed by atoms with Crippen LogP contribution in [0.2, 0.25) is 0 Å². The standard InChI is InChI=1S/C24H14N8O8S3/c1-12-17(10-26)22(33)32(14-2-4-15(5-3-14)42(35,36)37)23(34)20(12)28-29-21-13(9-25)11-31(30-21)24-27-18-7-6-16(43(38,39)40)8-19(18)41-24/h2-8,11,33H,1H3,(H,35,36,37)(H,38,39,40). The first-order chi connectivity index (χ1) is 20.2. The average Bonchev–Trinajstić information content (AvgIpc) is 3.56. The largest absolute Gasteiger partial charge is 0.493 e. The SMILES string of the molecule is Cc1c(C#N)c(O)n(-c2ccc(S(=O)(=O)O)cc2)c(=O)c1N=Nc1nn(-c2nc3ccc(S(=O)(=O)O)cc3s2)cc1C#N. The molecule has 3 heterocycles. The minimum Gasteiger partial charge on any atom is -0.493 e. The lowest BCUT2D eigenvalue weighted by molar-refractivity contribution is 0.433. The van der Waals surface area contributed by atoms with Crippen molar-refractivity contribution in [1.82, 2.24) is 19.3 Å². The van der Waals surface area contributed by atoms with E-state index in [2.05, 4.69) is 20.3 Å². The van der Waals surface area contributed by atoms with Crippen molar-refractivity contribution in [3.8, 4) is 28.8 Å². The lowest BCUT2D eigenvalue weighted by Crippen LogP contribution is -2.20. The molecule has 0 atom stereocenters. The highest BCUT2D eigenvalue weighted by molar-refractivity contribution is 7.86. The number of aromatic nitrogens is 4. The van der Waals surface area contributed by atoms with Gasteiger partial charge < -0.3 is 5.11 Å². The Bertz CT molecular complexity index is 2360. The second-order valence-corrected chi connectivity index (χ2v) is 12.5. The maximum absolute atomic E-state index is 13.4. The molecule has 0 fully saturated rings. The highest BCUT2D eigenvalue weighted by Gasteiger charge is 2.22. The number of hydrogen-bond donors (Lipinski definition) is 3. The van der Waals surface area contributed by atoms with Crippen molar-refractivity contribution in [3.63, 3.8) is 0 Å². The molecule has 0 radical (unpaired) electrons. The molecule has 5 rings (SSSR count). The Morgan fingerprint density at radius 1 is 0.953 bits per heavy atom. The number of pyridine rings is 1. The van der Waals surface area contributed by atoms with E-state index in [1.54, 1.807) is 6.07 Å². The van der Waals surface area contributed by atoms with Gasteiger partial charge in [0.2, 0.25) is 16.8 Å². The second kappa shape index (κ2) is 10.5. The summed E-state index contributed by atoms with van der Waals surface area (Å²) in [6.45, 7) is 1.34. The Morgan fingerprint density at radius 2 is 1.60 bits per heavy atom. The Kier molecular flexibility index (Phi) is 7.13. The van der Waals surface area contributed by atoms with E-state index >= 15 is 0 Å². The predicted octanol–water partition coefficient (Wildman–Crippen LogP) is 3.30. The third-order valence-electron chi connectivity index (χ3n) is 5.98. The van der Waals surface area contributed by atoms with Crippen molar-refractivity contribution in [2.75, 3.05) is 0 Å². The van der Waals surface area contributed by atoms with E-state index < -0.39 is 42.3 Å². The minimum atomic E-state index is -4.54. The number of azo groups is 1. The van der Waals surface area contributed by atoms with E-state index in [1.807, 2.05) is 6.07 Å². The maximum Gasteiger partial charge on any atom is 0.294 e. The second-order valence-electron chi connectivity index (χ2n) is 8.62. The first kappa shape index (κ1) is 29.2. The van der Waals surface area contributed by atoms with Crippen molar-refractivity contribution in [2.45, 2.75) is 16.7 Å². The van der Waals surface area contributed by atoms with Crippen LogP contribution < -0.4 is 5.56 Å². The van der Waals surface area contributed by atoms with Crippen molar-refractivity contribution >= 4 is 53.3 Å². The summed E-state index contributed by atoms with van der Waals surface area (Å²) in [6.07, 6.45) is 1.27. The van der Waals surface area contributed by atoms with Crippen LogP contribution in [-0.4, -0.2) is 50.4 Å². The number of nitrogens with zero attached hydrogens (tertiary/aromatic N) is 8. The van der Waals surface area contributed by atoms with Gasteiger partial charge in [-0.2, -0.15) is 27.4 Å². The van der Waals surface area contributed by atoms with Crippen molar-refractivity contribution < 1.29 is 31.0 Å². The molecular formula is C24H14N8O8S3. The zero-order valence-electron chi connectivity index (χ0n) is 21.3.